The third-order valence-electron chi connectivity index (χ3n) is 5.09. The van der Waals surface area contributed by atoms with Gasteiger partial charge < -0.3 is 10.2 Å². The first-order valence-electron chi connectivity index (χ1n) is 9.68. The monoisotopic (exact) mass is 435 g/mol. The zero-order chi connectivity index (χ0) is 22.0. The number of carbonyl (C=O) groups excluding carboxylic acids is 2. The van der Waals surface area contributed by atoms with Gasteiger partial charge in [0, 0.05) is 46.2 Å². The Hall–Kier alpha value is -3.71. The lowest BCUT2D eigenvalue weighted by atomic mass is 9.98. The number of nitrogens with zero attached hydrogens (tertiary/aromatic N) is 2. The second-order valence-corrected chi connectivity index (χ2v) is 7.61. The number of aryl methyl sites for hydroxylation is 1. The van der Waals surface area contributed by atoms with Gasteiger partial charge in [-0.25, -0.2) is 0 Å². The Morgan fingerprint density at radius 3 is 2.58 bits per heavy atom. The van der Waals surface area contributed by atoms with E-state index in [1.807, 2.05) is 0 Å². The van der Waals surface area contributed by atoms with Crippen molar-refractivity contribution < 1.29 is 14.5 Å². The van der Waals surface area contributed by atoms with Crippen molar-refractivity contribution in [2.45, 2.75) is 12.8 Å². The predicted octanol–water partition coefficient (Wildman–Crippen LogP) is 5.09. The van der Waals surface area contributed by atoms with Crippen LogP contribution >= 0.6 is 11.6 Å². The average molecular weight is 436 g/mol. The van der Waals surface area contributed by atoms with Gasteiger partial charge in [0.05, 0.1) is 4.92 Å². The molecular formula is C23H18ClN3O4. The van der Waals surface area contributed by atoms with Gasteiger partial charge in [0.15, 0.2) is 0 Å². The highest BCUT2D eigenvalue weighted by Gasteiger charge is 2.24. The Morgan fingerprint density at radius 2 is 1.81 bits per heavy atom. The van der Waals surface area contributed by atoms with Crippen LogP contribution in [0.1, 0.15) is 32.7 Å². The van der Waals surface area contributed by atoms with Gasteiger partial charge in [-0.1, -0.05) is 23.7 Å². The maximum atomic E-state index is 13.0. The van der Waals surface area contributed by atoms with Crippen LogP contribution in [0.15, 0.2) is 66.7 Å². The molecule has 4 rings (SSSR count). The number of nitrogens with one attached hydrogen (secondary N) is 1. The van der Waals surface area contributed by atoms with E-state index in [2.05, 4.69) is 5.32 Å². The molecule has 0 atom stereocenters. The second-order valence-electron chi connectivity index (χ2n) is 7.18. The Kier molecular flexibility index (Phi) is 5.68. The lowest BCUT2D eigenvalue weighted by molar-refractivity contribution is -0.384. The molecule has 8 heteroatoms. The summed E-state index contributed by atoms with van der Waals surface area (Å²) in [5.74, 6) is -0.515. The molecule has 0 aromatic heterocycles. The smallest absolute Gasteiger partial charge is 0.271 e. The molecule has 0 unspecified atom stereocenters. The summed E-state index contributed by atoms with van der Waals surface area (Å²) in [5.41, 5.74) is 2.83. The van der Waals surface area contributed by atoms with E-state index in [4.69, 9.17) is 11.6 Å². The second kappa shape index (κ2) is 8.57. The van der Waals surface area contributed by atoms with Crippen molar-refractivity contribution in [1.29, 1.82) is 0 Å². The molecule has 3 aromatic carbocycles. The van der Waals surface area contributed by atoms with Gasteiger partial charge in [0.25, 0.3) is 17.5 Å². The van der Waals surface area contributed by atoms with Crippen LogP contribution in [-0.4, -0.2) is 23.3 Å². The van der Waals surface area contributed by atoms with Crippen LogP contribution in [0.4, 0.5) is 17.1 Å². The van der Waals surface area contributed by atoms with E-state index < -0.39 is 4.92 Å². The van der Waals surface area contributed by atoms with Crippen molar-refractivity contribution in [2.24, 2.45) is 0 Å². The summed E-state index contributed by atoms with van der Waals surface area (Å²) in [6, 6.07) is 17.8. The minimum atomic E-state index is -0.514. The summed E-state index contributed by atoms with van der Waals surface area (Å²) in [4.78, 5) is 37.8. The van der Waals surface area contributed by atoms with E-state index in [0.29, 0.717) is 28.4 Å². The summed E-state index contributed by atoms with van der Waals surface area (Å²) >= 11 is 6.02. The third kappa shape index (κ3) is 4.41. The molecule has 1 N–H and O–H groups in total. The van der Waals surface area contributed by atoms with Crippen molar-refractivity contribution in [3.8, 4) is 0 Å². The number of halogens is 1. The van der Waals surface area contributed by atoms with Gasteiger partial charge in [-0.3, -0.25) is 19.7 Å². The van der Waals surface area contributed by atoms with Gasteiger partial charge in [0.2, 0.25) is 0 Å². The van der Waals surface area contributed by atoms with Crippen LogP contribution in [0.25, 0.3) is 0 Å². The standard InChI is InChI=1S/C23H18ClN3O4/c24-18-6-1-4-17(13-18)23(29)26-11-3-5-15-12-16(9-10-21(15)26)22(28)25-19-7-2-8-20(14-19)27(30)31/h1-2,4,6-10,12-14H,3,5,11H2,(H,25,28). The van der Waals surface area contributed by atoms with Gasteiger partial charge in [0.1, 0.15) is 0 Å². The van der Waals surface area contributed by atoms with Crippen LogP contribution in [-0.2, 0) is 6.42 Å². The zero-order valence-electron chi connectivity index (χ0n) is 16.4. The van der Waals surface area contributed by atoms with Crippen molar-refractivity contribution in [3.63, 3.8) is 0 Å². The third-order valence-corrected chi connectivity index (χ3v) is 5.33. The molecule has 0 spiro atoms. The molecular weight excluding hydrogens is 418 g/mol. The molecule has 7 nitrogen and oxygen atoms in total. The van der Waals surface area contributed by atoms with Crippen LogP contribution in [0, 0.1) is 10.1 Å². The Balaban J connectivity index is 1.57. The number of rotatable bonds is 4. The van der Waals surface area contributed by atoms with Crippen LogP contribution in [0.5, 0.6) is 0 Å². The van der Waals surface area contributed by atoms with Crippen molar-refractivity contribution in [2.75, 3.05) is 16.8 Å². The fourth-order valence-corrected chi connectivity index (χ4v) is 3.82. The molecule has 1 heterocycles. The first-order chi connectivity index (χ1) is 14.9. The molecule has 0 radical (unpaired) electrons. The summed E-state index contributed by atoms with van der Waals surface area (Å²) in [7, 11) is 0. The number of non-ortho nitro benzene ring substituents is 1. The summed E-state index contributed by atoms with van der Waals surface area (Å²) in [6.07, 6.45) is 1.52. The lowest BCUT2D eigenvalue weighted by Crippen LogP contribution is -2.35. The van der Waals surface area contributed by atoms with Gasteiger partial charge in [-0.2, -0.15) is 0 Å². The minimum absolute atomic E-state index is 0.0987. The van der Waals surface area contributed by atoms with Crippen molar-refractivity contribution in [3.05, 3.63) is 98.6 Å². The van der Waals surface area contributed by atoms with Gasteiger partial charge in [-0.15, -0.1) is 0 Å². The Bertz CT molecular complexity index is 1190. The maximum absolute atomic E-state index is 13.0. The van der Waals surface area contributed by atoms with E-state index in [-0.39, 0.29) is 17.5 Å². The summed E-state index contributed by atoms with van der Waals surface area (Å²) < 4.78 is 0. The molecule has 156 valence electrons. The van der Waals surface area contributed by atoms with Gasteiger partial charge >= 0.3 is 0 Å². The van der Waals surface area contributed by atoms with Crippen LogP contribution < -0.4 is 10.2 Å². The van der Waals surface area contributed by atoms with E-state index in [0.717, 1.165) is 24.1 Å². The van der Waals surface area contributed by atoms with Crippen molar-refractivity contribution >= 4 is 40.5 Å². The SMILES string of the molecule is O=C(Nc1cccc([N+](=O)[O-])c1)c1ccc2c(c1)CCCN2C(=O)c1cccc(Cl)c1. The first-order valence-corrected chi connectivity index (χ1v) is 10.1. The molecule has 1 aliphatic rings. The Labute approximate surface area is 183 Å². The predicted molar refractivity (Wildman–Crippen MR) is 119 cm³/mol. The number of amides is 2. The zero-order valence-corrected chi connectivity index (χ0v) is 17.1. The summed E-state index contributed by atoms with van der Waals surface area (Å²) in [5, 5.41) is 14.1. The normalized spacial score (nSPS) is 12.7. The molecule has 3 aromatic rings. The van der Waals surface area contributed by atoms with Crippen LogP contribution in [0.2, 0.25) is 5.02 Å². The number of nitro benzene ring substituents is 1. The fourth-order valence-electron chi connectivity index (χ4n) is 3.63. The van der Waals surface area contributed by atoms with Crippen LogP contribution in [0.3, 0.4) is 0 Å². The van der Waals surface area contributed by atoms with E-state index >= 15 is 0 Å². The molecule has 0 saturated carbocycles. The van der Waals surface area contributed by atoms with Crippen molar-refractivity contribution in [1.82, 2.24) is 0 Å². The first kappa shape index (κ1) is 20.6. The number of benzene rings is 3. The number of hydrogen-bond donors (Lipinski definition) is 1. The minimum Gasteiger partial charge on any atom is -0.322 e. The number of anilines is 2. The van der Waals surface area contributed by atoms with Gasteiger partial charge in [-0.05, 0) is 60.9 Å². The van der Waals surface area contributed by atoms with E-state index in [9.17, 15) is 19.7 Å². The molecule has 2 amide bonds. The van der Waals surface area contributed by atoms with E-state index in [1.54, 1.807) is 53.4 Å². The highest BCUT2D eigenvalue weighted by Crippen LogP contribution is 2.30. The molecule has 0 saturated heterocycles. The Morgan fingerprint density at radius 1 is 1.00 bits per heavy atom. The highest BCUT2D eigenvalue weighted by molar-refractivity contribution is 6.31. The molecule has 0 fully saturated rings. The average Bonchev–Trinajstić information content (AvgIpc) is 2.78. The number of nitro groups is 1. The quantitative estimate of drug-likeness (QED) is 0.456. The molecule has 1 aliphatic heterocycles. The molecule has 31 heavy (non-hydrogen) atoms. The summed E-state index contributed by atoms with van der Waals surface area (Å²) in [6.45, 7) is 0.581. The number of carbonyl (C=O) groups is 2. The molecule has 0 bridgehead atoms. The number of fused-ring (bicyclic) bond motifs is 1. The largest absolute Gasteiger partial charge is 0.322 e. The fraction of sp³-hybridized carbons (Fsp3) is 0.130. The van der Waals surface area contributed by atoms with E-state index in [1.165, 1.54) is 18.2 Å². The highest BCUT2D eigenvalue weighted by atomic mass is 35.5. The lowest BCUT2D eigenvalue weighted by Gasteiger charge is -2.30. The number of hydrogen-bond acceptors (Lipinski definition) is 4. The topological polar surface area (TPSA) is 92.5 Å². The maximum Gasteiger partial charge on any atom is 0.271 e. The molecule has 0 aliphatic carbocycles.